The molecule has 0 saturated heterocycles. The van der Waals surface area contributed by atoms with E-state index in [1.807, 2.05) is 18.2 Å². The first kappa shape index (κ1) is 12.5. The second kappa shape index (κ2) is 5.66. The second-order valence-corrected chi connectivity index (χ2v) is 4.83. The van der Waals surface area contributed by atoms with Gasteiger partial charge in [-0.15, -0.1) is 0 Å². The Kier molecular flexibility index (Phi) is 3.55. The van der Waals surface area contributed by atoms with Gasteiger partial charge in [-0.3, -0.25) is 0 Å². The van der Waals surface area contributed by atoms with E-state index in [9.17, 15) is 0 Å². The van der Waals surface area contributed by atoms with Crippen LogP contribution in [-0.4, -0.2) is 29.7 Å². The number of rotatable bonds is 4. The molecule has 2 N–H and O–H groups in total. The van der Waals surface area contributed by atoms with Gasteiger partial charge in [-0.05, 0) is 5.56 Å². The number of nitrogens with zero attached hydrogens (tertiary/aromatic N) is 6. The van der Waals surface area contributed by atoms with Crippen LogP contribution in [0.4, 0.5) is 5.95 Å². The lowest BCUT2D eigenvalue weighted by molar-refractivity contribution is 0.763. The van der Waals surface area contributed by atoms with Crippen LogP contribution in [0.1, 0.15) is 5.56 Å². The lowest BCUT2D eigenvalue weighted by atomic mass is 10.2. The molecule has 100 valence electrons. The minimum Gasteiger partial charge on any atom is -0.368 e. The normalized spacial score (nSPS) is 10.6. The highest BCUT2D eigenvalue weighted by Gasteiger charge is 2.07. The maximum Gasteiger partial charge on any atom is 0.257 e. The molecule has 0 aliphatic carbocycles. The maximum absolute atomic E-state index is 5.70. The van der Waals surface area contributed by atoms with E-state index in [-0.39, 0.29) is 5.95 Å². The number of nitrogens with two attached hydrogens (primary N) is 1. The Balaban J connectivity index is 1.80. The van der Waals surface area contributed by atoms with Gasteiger partial charge in [0.05, 0.1) is 0 Å². The molecule has 0 aliphatic heterocycles. The maximum atomic E-state index is 5.70. The van der Waals surface area contributed by atoms with Crippen molar-refractivity contribution in [3.05, 3.63) is 48.5 Å². The molecule has 3 rings (SSSR count). The molecular formula is C12H11N7S. The van der Waals surface area contributed by atoms with Crippen LogP contribution in [0.5, 0.6) is 0 Å². The van der Waals surface area contributed by atoms with Gasteiger partial charge >= 0.3 is 0 Å². The largest absolute Gasteiger partial charge is 0.368 e. The van der Waals surface area contributed by atoms with Crippen molar-refractivity contribution in [3.63, 3.8) is 0 Å². The van der Waals surface area contributed by atoms with Gasteiger partial charge in [0.2, 0.25) is 5.95 Å². The Bertz CT molecular complexity index is 684. The van der Waals surface area contributed by atoms with Gasteiger partial charge < -0.3 is 5.73 Å². The van der Waals surface area contributed by atoms with E-state index in [0.717, 1.165) is 5.75 Å². The molecule has 0 spiro atoms. The molecule has 7 nitrogen and oxygen atoms in total. The van der Waals surface area contributed by atoms with Crippen molar-refractivity contribution in [2.24, 2.45) is 0 Å². The summed E-state index contributed by atoms with van der Waals surface area (Å²) in [5, 5.41) is 4.54. The van der Waals surface area contributed by atoms with Crippen LogP contribution in [-0.2, 0) is 5.75 Å². The van der Waals surface area contributed by atoms with Gasteiger partial charge in [-0.1, -0.05) is 42.1 Å². The predicted octanol–water partition coefficient (Wildman–Crippen LogP) is 1.33. The van der Waals surface area contributed by atoms with Crippen molar-refractivity contribution in [2.75, 3.05) is 5.73 Å². The summed E-state index contributed by atoms with van der Waals surface area (Å²) < 4.78 is 1.45. The molecule has 0 unspecified atom stereocenters. The number of hydrogen-bond donors (Lipinski definition) is 1. The topological polar surface area (TPSA) is 95.4 Å². The SMILES string of the molecule is Nc1nc(SCc2ccccc2)nc(-n2cncn2)n1. The fourth-order valence-corrected chi connectivity index (χ4v) is 2.35. The van der Waals surface area contributed by atoms with Crippen LogP contribution in [0.25, 0.3) is 5.95 Å². The number of anilines is 1. The molecule has 0 atom stereocenters. The summed E-state index contributed by atoms with van der Waals surface area (Å²) in [6.45, 7) is 0. The van der Waals surface area contributed by atoms with Crippen molar-refractivity contribution in [3.8, 4) is 5.95 Å². The van der Waals surface area contributed by atoms with Gasteiger partial charge in [0.15, 0.2) is 5.16 Å². The first-order chi connectivity index (χ1) is 9.81. The summed E-state index contributed by atoms with van der Waals surface area (Å²) in [6, 6.07) is 10.1. The molecule has 0 aliphatic rings. The molecule has 8 heteroatoms. The van der Waals surface area contributed by atoms with Crippen molar-refractivity contribution < 1.29 is 0 Å². The lowest BCUT2D eigenvalue weighted by Crippen LogP contribution is -2.07. The summed E-state index contributed by atoms with van der Waals surface area (Å²) >= 11 is 1.50. The number of thioether (sulfide) groups is 1. The molecular weight excluding hydrogens is 274 g/mol. The lowest BCUT2D eigenvalue weighted by Gasteiger charge is -2.04. The average Bonchev–Trinajstić information content (AvgIpc) is 3.00. The Morgan fingerprint density at radius 1 is 1.10 bits per heavy atom. The van der Waals surface area contributed by atoms with E-state index in [1.165, 1.54) is 34.7 Å². The summed E-state index contributed by atoms with van der Waals surface area (Å²) in [6.07, 6.45) is 2.93. The summed E-state index contributed by atoms with van der Waals surface area (Å²) in [4.78, 5) is 16.3. The van der Waals surface area contributed by atoms with Gasteiger partial charge in [0.25, 0.3) is 5.95 Å². The van der Waals surface area contributed by atoms with Crippen LogP contribution >= 0.6 is 11.8 Å². The van der Waals surface area contributed by atoms with Crippen molar-refractivity contribution in [1.29, 1.82) is 0 Å². The summed E-state index contributed by atoms with van der Waals surface area (Å²) in [5.41, 5.74) is 6.89. The van der Waals surface area contributed by atoms with Crippen molar-refractivity contribution in [2.45, 2.75) is 10.9 Å². The monoisotopic (exact) mass is 285 g/mol. The molecule has 0 fully saturated rings. The zero-order valence-corrected chi connectivity index (χ0v) is 11.2. The first-order valence-corrected chi connectivity index (χ1v) is 6.83. The Labute approximate surface area is 119 Å². The van der Waals surface area contributed by atoms with E-state index in [1.54, 1.807) is 0 Å². The fourth-order valence-electron chi connectivity index (χ4n) is 1.56. The standard InChI is InChI=1S/C12H11N7S/c13-10-16-11(19-8-14-7-15-19)18-12(17-10)20-6-9-4-2-1-3-5-9/h1-5,7-8H,6H2,(H2,13,16,17,18). The quantitative estimate of drug-likeness (QED) is 0.722. The zero-order valence-electron chi connectivity index (χ0n) is 10.4. The van der Waals surface area contributed by atoms with Crippen molar-refractivity contribution >= 4 is 17.7 Å². The van der Waals surface area contributed by atoms with Gasteiger partial charge in [-0.2, -0.15) is 24.7 Å². The summed E-state index contributed by atoms with van der Waals surface area (Å²) in [7, 11) is 0. The van der Waals surface area contributed by atoms with Crippen LogP contribution in [0.3, 0.4) is 0 Å². The fraction of sp³-hybridized carbons (Fsp3) is 0.0833. The third-order valence-corrected chi connectivity index (χ3v) is 3.37. The molecule has 2 aromatic heterocycles. The third-order valence-electron chi connectivity index (χ3n) is 2.45. The Hall–Kier alpha value is -2.48. The minimum atomic E-state index is 0.168. The molecule has 0 radical (unpaired) electrons. The van der Waals surface area contributed by atoms with Gasteiger partial charge in [0.1, 0.15) is 12.7 Å². The van der Waals surface area contributed by atoms with Crippen LogP contribution in [0.2, 0.25) is 0 Å². The Morgan fingerprint density at radius 2 is 1.95 bits per heavy atom. The molecule has 2 heterocycles. The highest BCUT2D eigenvalue weighted by Crippen LogP contribution is 2.19. The number of benzene rings is 1. The number of nitrogen functional groups attached to an aromatic ring is 1. The molecule has 0 saturated carbocycles. The third kappa shape index (κ3) is 2.91. The van der Waals surface area contributed by atoms with E-state index in [2.05, 4.69) is 37.2 Å². The second-order valence-electron chi connectivity index (χ2n) is 3.89. The molecule has 1 aromatic carbocycles. The number of aromatic nitrogens is 6. The number of hydrogen-bond acceptors (Lipinski definition) is 7. The van der Waals surface area contributed by atoms with Crippen LogP contribution in [0.15, 0.2) is 48.1 Å². The van der Waals surface area contributed by atoms with Crippen LogP contribution < -0.4 is 5.73 Å². The first-order valence-electron chi connectivity index (χ1n) is 5.84. The Morgan fingerprint density at radius 3 is 2.70 bits per heavy atom. The van der Waals surface area contributed by atoms with Crippen LogP contribution in [0, 0.1) is 0 Å². The van der Waals surface area contributed by atoms with E-state index in [0.29, 0.717) is 11.1 Å². The van der Waals surface area contributed by atoms with Gasteiger partial charge in [-0.25, -0.2) is 4.98 Å². The smallest absolute Gasteiger partial charge is 0.257 e. The zero-order chi connectivity index (χ0) is 13.8. The molecule has 0 bridgehead atoms. The van der Waals surface area contributed by atoms with E-state index >= 15 is 0 Å². The minimum absolute atomic E-state index is 0.168. The highest BCUT2D eigenvalue weighted by atomic mass is 32.2. The highest BCUT2D eigenvalue weighted by molar-refractivity contribution is 7.98. The average molecular weight is 285 g/mol. The van der Waals surface area contributed by atoms with E-state index in [4.69, 9.17) is 5.73 Å². The van der Waals surface area contributed by atoms with Crippen molar-refractivity contribution in [1.82, 2.24) is 29.7 Å². The van der Waals surface area contributed by atoms with E-state index < -0.39 is 0 Å². The van der Waals surface area contributed by atoms with Gasteiger partial charge in [0, 0.05) is 5.75 Å². The molecule has 0 amide bonds. The predicted molar refractivity (Wildman–Crippen MR) is 75.2 cm³/mol. The molecule has 20 heavy (non-hydrogen) atoms. The summed E-state index contributed by atoms with van der Waals surface area (Å²) in [5.74, 6) is 1.30. The molecule has 3 aromatic rings.